The van der Waals surface area contributed by atoms with Gasteiger partial charge in [-0.3, -0.25) is 5.10 Å². The first-order valence-electron chi connectivity index (χ1n) is 3.54. The molecule has 0 radical (unpaired) electrons. The number of H-pyrrole nitrogens is 1. The Morgan fingerprint density at radius 3 is 3.18 bits per heavy atom. The lowest BCUT2D eigenvalue weighted by atomic mass is 10.00. The number of aromatic amines is 1. The Balaban J connectivity index is 2.27. The Morgan fingerprint density at radius 2 is 2.64 bits per heavy atom. The fourth-order valence-corrected chi connectivity index (χ4v) is 1.21. The van der Waals surface area contributed by atoms with E-state index in [2.05, 4.69) is 15.2 Å². The second-order valence-corrected chi connectivity index (χ2v) is 2.79. The van der Waals surface area contributed by atoms with E-state index in [-0.39, 0.29) is 0 Å². The zero-order chi connectivity index (χ0) is 7.73. The molecule has 1 aromatic rings. The monoisotopic (exact) mass is 154 g/mol. The van der Waals surface area contributed by atoms with E-state index in [1.54, 1.807) is 0 Å². The van der Waals surface area contributed by atoms with E-state index in [0.29, 0.717) is 13.2 Å². The molecule has 1 aromatic heterocycles. The van der Waals surface area contributed by atoms with Crippen LogP contribution in [0.3, 0.4) is 0 Å². The minimum absolute atomic E-state index is 0.434. The summed E-state index contributed by atoms with van der Waals surface area (Å²) in [4.78, 5) is 4.00. The maximum Gasteiger partial charge on any atom is 0.146 e. The molecule has 2 rings (SSSR count). The first kappa shape index (κ1) is 6.75. The molecule has 0 amide bonds. The summed E-state index contributed by atoms with van der Waals surface area (Å²) in [6.45, 7) is 1.24. The number of nitrogens with zero attached hydrogens (tertiary/aromatic N) is 2. The third kappa shape index (κ3) is 1.02. The number of rotatable bonds is 1. The van der Waals surface area contributed by atoms with Gasteiger partial charge >= 0.3 is 0 Å². The van der Waals surface area contributed by atoms with Crippen LogP contribution in [0.15, 0.2) is 6.33 Å². The summed E-state index contributed by atoms with van der Waals surface area (Å²) in [5.41, 5.74) is 5.53. The quantitative estimate of drug-likeness (QED) is 0.565. The summed E-state index contributed by atoms with van der Waals surface area (Å²) in [6.07, 6.45) is 2.27. The molecular weight excluding hydrogens is 144 g/mol. The minimum atomic E-state index is -0.434. The van der Waals surface area contributed by atoms with Crippen LogP contribution in [0.4, 0.5) is 0 Å². The highest BCUT2D eigenvalue weighted by molar-refractivity contribution is 5.04. The molecule has 60 valence electrons. The zero-order valence-electron chi connectivity index (χ0n) is 6.08. The summed E-state index contributed by atoms with van der Waals surface area (Å²) < 4.78 is 5.17. The first-order valence-corrected chi connectivity index (χ1v) is 3.54. The van der Waals surface area contributed by atoms with Gasteiger partial charge in [0.15, 0.2) is 0 Å². The molecule has 0 spiro atoms. The number of hydrogen-bond acceptors (Lipinski definition) is 4. The van der Waals surface area contributed by atoms with E-state index in [0.717, 1.165) is 12.2 Å². The van der Waals surface area contributed by atoms with Crippen LogP contribution in [0.2, 0.25) is 0 Å². The van der Waals surface area contributed by atoms with Gasteiger partial charge in [-0.25, -0.2) is 4.98 Å². The summed E-state index contributed by atoms with van der Waals surface area (Å²) in [6, 6.07) is 0. The largest absolute Gasteiger partial charge is 0.379 e. The van der Waals surface area contributed by atoms with Crippen molar-refractivity contribution in [2.75, 3.05) is 13.2 Å². The van der Waals surface area contributed by atoms with Gasteiger partial charge in [0.2, 0.25) is 0 Å². The zero-order valence-corrected chi connectivity index (χ0v) is 6.08. The van der Waals surface area contributed by atoms with Crippen LogP contribution in [-0.2, 0) is 10.3 Å². The van der Waals surface area contributed by atoms with Crippen molar-refractivity contribution >= 4 is 0 Å². The SMILES string of the molecule is NC1(c2ncn[nH]2)CCOC1. The lowest BCUT2D eigenvalue weighted by Crippen LogP contribution is -2.38. The number of hydrogen-bond donors (Lipinski definition) is 2. The molecule has 1 aliphatic heterocycles. The van der Waals surface area contributed by atoms with Gasteiger partial charge in [0, 0.05) is 6.61 Å². The predicted octanol–water partition coefficient (Wildman–Crippen LogP) is -0.621. The van der Waals surface area contributed by atoms with Crippen LogP contribution in [-0.4, -0.2) is 28.4 Å². The van der Waals surface area contributed by atoms with E-state index in [4.69, 9.17) is 10.5 Å². The molecule has 1 fully saturated rings. The van der Waals surface area contributed by atoms with Gasteiger partial charge in [-0.15, -0.1) is 0 Å². The van der Waals surface area contributed by atoms with E-state index in [1.807, 2.05) is 0 Å². The maximum absolute atomic E-state index is 5.97. The standard InChI is InChI=1S/C6H10N4O/c7-6(1-2-11-3-6)5-8-4-9-10-5/h4H,1-3,7H2,(H,8,9,10). The van der Waals surface area contributed by atoms with Crippen LogP contribution in [0, 0.1) is 0 Å². The van der Waals surface area contributed by atoms with E-state index in [9.17, 15) is 0 Å². The molecule has 1 unspecified atom stereocenters. The molecular formula is C6H10N4O. The van der Waals surface area contributed by atoms with Crippen molar-refractivity contribution in [3.8, 4) is 0 Å². The summed E-state index contributed by atoms with van der Waals surface area (Å²) in [5, 5.41) is 6.49. The highest BCUT2D eigenvalue weighted by Gasteiger charge is 2.34. The molecule has 1 aliphatic rings. The predicted molar refractivity (Wildman–Crippen MR) is 37.7 cm³/mol. The average Bonchev–Trinajstić information content (AvgIpc) is 2.55. The Kier molecular flexibility index (Phi) is 1.40. The smallest absolute Gasteiger partial charge is 0.146 e. The van der Waals surface area contributed by atoms with Crippen molar-refractivity contribution in [3.63, 3.8) is 0 Å². The number of nitrogens with one attached hydrogen (secondary N) is 1. The third-order valence-corrected chi connectivity index (χ3v) is 1.94. The molecule has 5 nitrogen and oxygen atoms in total. The molecule has 3 N–H and O–H groups in total. The highest BCUT2D eigenvalue weighted by atomic mass is 16.5. The average molecular weight is 154 g/mol. The molecule has 0 bridgehead atoms. The lowest BCUT2D eigenvalue weighted by molar-refractivity contribution is 0.176. The maximum atomic E-state index is 5.97. The summed E-state index contributed by atoms with van der Waals surface area (Å²) >= 11 is 0. The summed E-state index contributed by atoms with van der Waals surface area (Å²) in [7, 11) is 0. The van der Waals surface area contributed by atoms with Gasteiger partial charge in [-0.1, -0.05) is 0 Å². The van der Waals surface area contributed by atoms with Gasteiger partial charge in [-0.05, 0) is 6.42 Å². The fourth-order valence-electron chi connectivity index (χ4n) is 1.21. The van der Waals surface area contributed by atoms with Crippen LogP contribution < -0.4 is 5.73 Å². The Labute approximate surface area is 64.0 Å². The van der Waals surface area contributed by atoms with Crippen molar-refractivity contribution in [1.29, 1.82) is 0 Å². The van der Waals surface area contributed by atoms with E-state index in [1.165, 1.54) is 6.33 Å². The third-order valence-electron chi connectivity index (χ3n) is 1.94. The first-order chi connectivity index (χ1) is 5.31. The van der Waals surface area contributed by atoms with E-state index < -0.39 is 5.54 Å². The van der Waals surface area contributed by atoms with Crippen molar-refractivity contribution in [2.24, 2.45) is 5.73 Å². The molecule has 0 aliphatic carbocycles. The second-order valence-electron chi connectivity index (χ2n) is 2.79. The van der Waals surface area contributed by atoms with Crippen molar-refractivity contribution < 1.29 is 4.74 Å². The van der Waals surface area contributed by atoms with Crippen LogP contribution in [0.25, 0.3) is 0 Å². The molecule has 0 aromatic carbocycles. The molecule has 1 saturated heterocycles. The van der Waals surface area contributed by atoms with Gasteiger partial charge < -0.3 is 10.5 Å². The van der Waals surface area contributed by atoms with Gasteiger partial charge in [-0.2, -0.15) is 5.10 Å². The van der Waals surface area contributed by atoms with Gasteiger partial charge in [0.05, 0.1) is 6.61 Å². The second kappa shape index (κ2) is 2.28. The Morgan fingerprint density at radius 1 is 1.73 bits per heavy atom. The minimum Gasteiger partial charge on any atom is -0.379 e. The number of nitrogens with two attached hydrogens (primary N) is 1. The number of aromatic nitrogens is 3. The van der Waals surface area contributed by atoms with Gasteiger partial charge in [0.1, 0.15) is 17.7 Å². The van der Waals surface area contributed by atoms with E-state index >= 15 is 0 Å². The molecule has 1 atom stereocenters. The number of ether oxygens (including phenoxy) is 1. The van der Waals surface area contributed by atoms with Crippen molar-refractivity contribution in [1.82, 2.24) is 15.2 Å². The fraction of sp³-hybridized carbons (Fsp3) is 0.667. The van der Waals surface area contributed by atoms with Crippen LogP contribution in [0.1, 0.15) is 12.2 Å². The van der Waals surface area contributed by atoms with Crippen molar-refractivity contribution in [3.05, 3.63) is 12.2 Å². The highest BCUT2D eigenvalue weighted by Crippen LogP contribution is 2.23. The molecule has 2 heterocycles. The molecule has 11 heavy (non-hydrogen) atoms. The van der Waals surface area contributed by atoms with Gasteiger partial charge in [0.25, 0.3) is 0 Å². The van der Waals surface area contributed by atoms with Crippen molar-refractivity contribution in [2.45, 2.75) is 12.0 Å². The Bertz CT molecular complexity index is 227. The normalized spacial score (nSPS) is 31.0. The lowest BCUT2D eigenvalue weighted by Gasteiger charge is -2.17. The molecule has 0 saturated carbocycles. The molecule has 5 heteroatoms. The summed E-state index contributed by atoms with van der Waals surface area (Å²) in [5.74, 6) is 0.718. The van der Waals surface area contributed by atoms with Crippen LogP contribution in [0.5, 0.6) is 0 Å². The Hall–Kier alpha value is -0.940. The van der Waals surface area contributed by atoms with Crippen LogP contribution >= 0.6 is 0 Å². The topological polar surface area (TPSA) is 76.8 Å².